The van der Waals surface area contributed by atoms with Crippen molar-refractivity contribution in [1.29, 1.82) is 0 Å². The van der Waals surface area contributed by atoms with E-state index < -0.39 is 18.0 Å². The smallest absolute Gasteiger partial charge is 0.325 e. The average molecular weight is 184 g/mol. The van der Waals surface area contributed by atoms with Crippen LogP contribution >= 0.6 is 0 Å². The maximum atomic E-state index is 13.0. The molecule has 4 nitrogen and oxygen atoms in total. The Hall–Kier alpha value is -1.49. The number of aromatic nitrogens is 1. The lowest BCUT2D eigenvalue weighted by Crippen LogP contribution is -2.26. The van der Waals surface area contributed by atoms with Gasteiger partial charge in [0.25, 0.3) is 0 Å². The van der Waals surface area contributed by atoms with Gasteiger partial charge in [-0.3, -0.25) is 4.79 Å². The Morgan fingerprint density at radius 1 is 1.77 bits per heavy atom. The molecule has 0 aliphatic carbocycles. The normalized spacial score (nSPS) is 12.5. The van der Waals surface area contributed by atoms with Gasteiger partial charge < -0.3 is 10.4 Å². The molecule has 1 aromatic heterocycles. The monoisotopic (exact) mass is 184 g/mol. The summed E-state index contributed by atoms with van der Waals surface area (Å²) >= 11 is 0. The van der Waals surface area contributed by atoms with Crippen molar-refractivity contribution in [3.8, 4) is 0 Å². The van der Waals surface area contributed by atoms with Crippen molar-refractivity contribution in [2.75, 3.05) is 7.05 Å². The second kappa shape index (κ2) is 3.95. The lowest BCUT2D eigenvalue weighted by atomic mass is 10.1. The van der Waals surface area contributed by atoms with Crippen molar-refractivity contribution in [3.05, 3.63) is 29.8 Å². The quantitative estimate of drug-likeness (QED) is 0.674. The van der Waals surface area contributed by atoms with E-state index >= 15 is 0 Å². The lowest BCUT2D eigenvalue weighted by Gasteiger charge is -2.10. The number of aliphatic carboxylic acids is 1. The van der Waals surface area contributed by atoms with E-state index in [1.807, 2.05) is 0 Å². The molecule has 1 atom stereocenters. The van der Waals surface area contributed by atoms with Gasteiger partial charge in [0.2, 0.25) is 5.95 Å². The van der Waals surface area contributed by atoms with Crippen LogP contribution in [0.2, 0.25) is 0 Å². The molecule has 0 aliphatic rings. The fraction of sp³-hybridized carbons (Fsp3) is 0.250. The first-order valence-corrected chi connectivity index (χ1v) is 3.67. The molecule has 1 unspecified atom stereocenters. The maximum absolute atomic E-state index is 13.0. The molecule has 0 spiro atoms. The van der Waals surface area contributed by atoms with Crippen LogP contribution in [0.3, 0.4) is 0 Å². The first kappa shape index (κ1) is 9.60. The SMILES string of the molecule is CNC(C(=O)O)c1cccnc1F. The molecule has 0 bridgehead atoms. The van der Waals surface area contributed by atoms with Crippen LogP contribution in [-0.4, -0.2) is 23.1 Å². The number of nitrogens with zero attached hydrogens (tertiary/aromatic N) is 1. The van der Waals surface area contributed by atoms with Crippen molar-refractivity contribution < 1.29 is 14.3 Å². The average Bonchev–Trinajstić information content (AvgIpc) is 2.09. The molecule has 0 aromatic carbocycles. The molecule has 0 fully saturated rings. The highest BCUT2D eigenvalue weighted by atomic mass is 19.1. The molecule has 1 aromatic rings. The zero-order chi connectivity index (χ0) is 9.84. The van der Waals surface area contributed by atoms with Gasteiger partial charge in [-0.1, -0.05) is 6.07 Å². The van der Waals surface area contributed by atoms with Crippen LogP contribution < -0.4 is 5.32 Å². The van der Waals surface area contributed by atoms with Gasteiger partial charge in [0.05, 0.1) is 0 Å². The number of hydrogen-bond acceptors (Lipinski definition) is 3. The number of pyridine rings is 1. The van der Waals surface area contributed by atoms with Gasteiger partial charge >= 0.3 is 5.97 Å². The molecular weight excluding hydrogens is 175 g/mol. The highest BCUT2D eigenvalue weighted by Crippen LogP contribution is 2.14. The van der Waals surface area contributed by atoms with E-state index in [0.717, 1.165) is 0 Å². The van der Waals surface area contributed by atoms with Gasteiger partial charge in [-0.25, -0.2) is 4.98 Å². The molecule has 70 valence electrons. The van der Waals surface area contributed by atoms with E-state index in [4.69, 9.17) is 5.11 Å². The third-order valence-corrected chi connectivity index (χ3v) is 1.63. The number of hydrogen-bond donors (Lipinski definition) is 2. The molecule has 0 saturated heterocycles. The summed E-state index contributed by atoms with van der Waals surface area (Å²) < 4.78 is 13.0. The fourth-order valence-electron chi connectivity index (χ4n) is 1.03. The van der Waals surface area contributed by atoms with Gasteiger partial charge in [-0.15, -0.1) is 0 Å². The van der Waals surface area contributed by atoms with Crippen molar-refractivity contribution in [1.82, 2.24) is 10.3 Å². The molecule has 1 rings (SSSR count). The van der Waals surface area contributed by atoms with Crippen LogP contribution in [0.5, 0.6) is 0 Å². The fourth-order valence-corrected chi connectivity index (χ4v) is 1.03. The molecule has 1 heterocycles. The van der Waals surface area contributed by atoms with E-state index in [1.165, 1.54) is 25.4 Å². The predicted molar refractivity (Wildman–Crippen MR) is 43.6 cm³/mol. The Labute approximate surface area is 74.4 Å². The number of halogens is 1. The number of rotatable bonds is 3. The minimum absolute atomic E-state index is 0.0394. The van der Waals surface area contributed by atoms with E-state index in [2.05, 4.69) is 10.3 Å². The summed E-state index contributed by atoms with van der Waals surface area (Å²) in [5, 5.41) is 11.2. The number of likely N-dealkylation sites (N-methyl/N-ethyl adjacent to an activating group) is 1. The number of carboxylic acids is 1. The first-order chi connectivity index (χ1) is 6.16. The largest absolute Gasteiger partial charge is 0.480 e. The Kier molecular flexibility index (Phi) is 2.92. The van der Waals surface area contributed by atoms with Crippen molar-refractivity contribution in [3.63, 3.8) is 0 Å². The number of carboxylic acid groups (broad SMARTS) is 1. The van der Waals surface area contributed by atoms with E-state index in [0.29, 0.717) is 0 Å². The Morgan fingerprint density at radius 3 is 2.92 bits per heavy atom. The van der Waals surface area contributed by atoms with Gasteiger partial charge in [0.1, 0.15) is 6.04 Å². The van der Waals surface area contributed by atoms with Crippen LogP contribution in [-0.2, 0) is 4.79 Å². The molecule has 13 heavy (non-hydrogen) atoms. The summed E-state index contributed by atoms with van der Waals surface area (Å²) in [5.41, 5.74) is 0.0394. The molecule has 5 heteroatoms. The van der Waals surface area contributed by atoms with Crippen LogP contribution in [0, 0.1) is 5.95 Å². The molecule has 0 saturated carbocycles. The summed E-state index contributed by atoms with van der Waals surface area (Å²) in [5.74, 6) is -1.89. The number of nitrogens with one attached hydrogen (secondary N) is 1. The highest BCUT2D eigenvalue weighted by Gasteiger charge is 2.20. The second-order valence-electron chi connectivity index (χ2n) is 2.44. The minimum Gasteiger partial charge on any atom is -0.480 e. The van der Waals surface area contributed by atoms with E-state index in [1.54, 1.807) is 0 Å². The minimum atomic E-state index is -1.13. The van der Waals surface area contributed by atoms with Crippen molar-refractivity contribution in [2.45, 2.75) is 6.04 Å². The number of carbonyl (C=O) groups is 1. The lowest BCUT2D eigenvalue weighted by molar-refractivity contribution is -0.139. The molecule has 0 radical (unpaired) electrons. The van der Waals surface area contributed by atoms with Crippen LogP contribution in [0.4, 0.5) is 4.39 Å². The van der Waals surface area contributed by atoms with Crippen molar-refractivity contribution >= 4 is 5.97 Å². The Balaban J connectivity index is 3.04. The van der Waals surface area contributed by atoms with Crippen LogP contribution in [0.25, 0.3) is 0 Å². The molecule has 0 amide bonds. The third kappa shape index (κ3) is 2.00. The predicted octanol–water partition coefficient (Wildman–Crippen LogP) is 0.566. The van der Waals surface area contributed by atoms with Gasteiger partial charge in [0.15, 0.2) is 0 Å². The van der Waals surface area contributed by atoms with Crippen LogP contribution in [0.1, 0.15) is 11.6 Å². The molecule has 2 N–H and O–H groups in total. The summed E-state index contributed by atoms with van der Waals surface area (Å²) in [6.07, 6.45) is 1.27. The zero-order valence-corrected chi connectivity index (χ0v) is 6.99. The first-order valence-electron chi connectivity index (χ1n) is 3.67. The van der Waals surface area contributed by atoms with Gasteiger partial charge in [0, 0.05) is 11.8 Å². The van der Waals surface area contributed by atoms with Gasteiger partial charge in [-0.2, -0.15) is 4.39 Å². The zero-order valence-electron chi connectivity index (χ0n) is 6.99. The Morgan fingerprint density at radius 2 is 2.46 bits per heavy atom. The summed E-state index contributed by atoms with van der Waals surface area (Å²) in [7, 11) is 1.45. The Bertz CT molecular complexity index is 317. The van der Waals surface area contributed by atoms with E-state index in [-0.39, 0.29) is 5.56 Å². The van der Waals surface area contributed by atoms with Gasteiger partial charge in [-0.05, 0) is 13.1 Å². The topological polar surface area (TPSA) is 62.2 Å². The summed E-state index contributed by atoms with van der Waals surface area (Å²) in [6.45, 7) is 0. The second-order valence-corrected chi connectivity index (χ2v) is 2.44. The van der Waals surface area contributed by atoms with E-state index in [9.17, 15) is 9.18 Å². The van der Waals surface area contributed by atoms with Crippen molar-refractivity contribution in [2.24, 2.45) is 0 Å². The standard InChI is InChI=1S/C8H9FN2O2/c1-10-6(8(12)13)5-3-2-4-11-7(5)9/h2-4,6,10H,1H3,(H,12,13). The summed E-state index contributed by atoms with van der Waals surface area (Å²) in [4.78, 5) is 14.0. The maximum Gasteiger partial charge on any atom is 0.325 e. The highest BCUT2D eigenvalue weighted by molar-refractivity contribution is 5.75. The third-order valence-electron chi connectivity index (χ3n) is 1.63. The summed E-state index contributed by atoms with van der Waals surface area (Å²) in [6, 6.07) is 1.83. The molecule has 0 aliphatic heterocycles. The molecular formula is C8H9FN2O2. The van der Waals surface area contributed by atoms with Crippen LogP contribution in [0.15, 0.2) is 18.3 Å².